The third-order valence-corrected chi connectivity index (χ3v) is 2.75. The van der Waals surface area contributed by atoms with Gasteiger partial charge in [0, 0.05) is 6.04 Å². The fourth-order valence-corrected chi connectivity index (χ4v) is 1.88. The summed E-state index contributed by atoms with van der Waals surface area (Å²) in [5.41, 5.74) is 6.55. The molecule has 15 heavy (non-hydrogen) atoms. The predicted octanol–water partition coefficient (Wildman–Crippen LogP) is 1.80. The fourth-order valence-electron chi connectivity index (χ4n) is 1.88. The van der Waals surface area contributed by atoms with Gasteiger partial charge in [-0.25, -0.2) is 0 Å². The van der Waals surface area contributed by atoms with Gasteiger partial charge in [-0.3, -0.25) is 11.3 Å². The number of ether oxygens (including phenoxy) is 1. The second-order valence-corrected chi connectivity index (χ2v) is 3.76. The minimum absolute atomic E-state index is 0.147. The monoisotopic (exact) mass is 204 g/mol. The molecule has 0 radical (unpaired) electrons. The first-order valence-corrected chi connectivity index (χ1v) is 5.11. The Morgan fingerprint density at radius 1 is 1.47 bits per heavy atom. The minimum Gasteiger partial charge on any atom is -0.372 e. The Labute approximate surface area is 89.9 Å². The molecule has 0 amide bonds. The van der Waals surface area contributed by atoms with Crippen molar-refractivity contribution < 1.29 is 4.74 Å². The summed E-state index contributed by atoms with van der Waals surface area (Å²) in [6.07, 6.45) is 2.70. The summed E-state index contributed by atoms with van der Waals surface area (Å²) in [6, 6.07) is 6.52. The molecule has 3 heteroatoms. The van der Waals surface area contributed by atoms with Crippen LogP contribution in [-0.4, -0.2) is 0 Å². The lowest BCUT2D eigenvalue weighted by Gasteiger charge is -2.15. The topological polar surface area (TPSA) is 47.3 Å². The van der Waals surface area contributed by atoms with Gasteiger partial charge in [0.2, 0.25) is 0 Å². The third-order valence-electron chi connectivity index (χ3n) is 2.75. The highest BCUT2D eigenvalue weighted by Crippen LogP contribution is 2.25. The highest BCUT2D eigenvalue weighted by Gasteiger charge is 2.14. The van der Waals surface area contributed by atoms with Crippen LogP contribution in [0.15, 0.2) is 30.9 Å². The van der Waals surface area contributed by atoms with Gasteiger partial charge in [0.05, 0.1) is 13.2 Å². The second-order valence-electron chi connectivity index (χ2n) is 3.76. The molecule has 1 aliphatic heterocycles. The molecule has 3 N–H and O–H groups in total. The van der Waals surface area contributed by atoms with Crippen LogP contribution in [0.4, 0.5) is 0 Å². The average Bonchev–Trinajstić information content (AvgIpc) is 2.72. The number of nitrogens with two attached hydrogens (primary N) is 1. The molecule has 0 aliphatic carbocycles. The molecule has 1 aromatic rings. The van der Waals surface area contributed by atoms with E-state index < -0.39 is 0 Å². The Morgan fingerprint density at radius 3 is 3.00 bits per heavy atom. The lowest BCUT2D eigenvalue weighted by Crippen LogP contribution is -2.27. The van der Waals surface area contributed by atoms with Crippen molar-refractivity contribution in [1.82, 2.24) is 5.43 Å². The van der Waals surface area contributed by atoms with Crippen molar-refractivity contribution in [2.75, 3.05) is 0 Å². The summed E-state index contributed by atoms with van der Waals surface area (Å²) >= 11 is 0. The van der Waals surface area contributed by atoms with Gasteiger partial charge in [-0.15, -0.1) is 6.58 Å². The van der Waals surface area contributed by atoms with Crippen LogP contribution in [0.3, 0.4) is 0 Å². The fraction of sp³-hybridized carbons (Fsp3) is 0.333. The third kappa shape index (κ3) is 2.09. The zero-order valence-corrected chi connectivity index (χ0v) is 8.70. The second kappa shape index (κ2) is 4.57. The van der Waals surface area contributed by atoms with Crippen molar-refractivity contribution >= 4 is 0 Å². The van der Waals surface area contributed by atoms with E-state index in [0.717, 1.165) is 13.0 Å². The van der Waals surface area contributed by atoms with Crippen LogP contribution in [-0.2, 0) is 18.0 Å². The van der Waals surface area contributed by atoms with Crippen molar-refractivity contribution in [3.05, 3.63) is 47.5 Å². The Bertz CT molecular complexity index is 363. The van der Waals surface area contributed by atoms with E-state index in [-0.39, 0.29) is 6.04 Å². The predicted molar refractivity (Wildman–Crippen MR) is 59.8 cm³/mol. The Morgan fingerprint density at radius 2 is 2.27 bits per heavy atom. The molecule has 1 aromatic carbocycles. The number of nitrogens with one attached hydrogen (secondary N) is 1. The average molecular weight is 204 g/mol. The lowest BCUT2D eigenvalue weighted by atomic mass is 9.99. The molecule has 0 spiro atoms. The van der Waals surface area contributed by atoms with E-state index in [0.29, 0.717) is 6.61 Å². The molecular weight excluding hydrogens is 188 g/mol. The SMILES string of the molecule is C=CCC(NN)c1ccc2c(c1)COC2. The molecule has 1 aliphatic rings. The van der Waals surface area contributed by atoms with E-state index in [1.54, 1.807) is 0 Å². The van der Waals surface area contributed by atoms with Crippen LogP contribution in [0, 0.1) is 0 Å². The van der Waals surface area contributed by atoms with Gasteiger partial charge in [-0.2, -0.15) is 0 Å². The standard InChI is InChI=1S/C12H16N2O/c1-2-3-12(14-13)9-4-5-10-7-15-8-11(10)6-9/h2,4-6,12,14H,1,3,7-8,13H2. The molecule has 0 saturated heterocycles. The number of hydrazine groups is 1. The molecule has 0 saturated carbocycles. The lowest BCUT2D eigenvalue weighted by molar-refractivity contribution is 0.134. The molecule has 1 heterocycles. The molecule has 1 atom stereocenters. The normalized spacial score (nSPS) is 16.1. The molecule has 2 rings (SSSR count). The molecule has 0 aromatic heterocycles. The van der Waals surface area contributed by atoms with Gasteiger partial charge in [-0.1, -0.05) is 24.3 Å². The van der Waals surface area contributed by atoms with E-state index in [1.165, 1.54) is 16.7 Å². The molecule has 3 nitrogen and oxygen atoms in total. The highest BCUT2D eigenvalue weighted by molar-refractivity contribution is 5.34. The first-order chi connectivity index (χ1) is 7.35. The zero-order valence-electron chi connectivity index (χ0n) is 8.70. The van der Waals surface area contributed by atoms with E-state index in [2.05, 4.69) is 30.2 Å². The minimum atomic E-state index is 0.147. The summed E-state index contributed by atoms with van der Waals surface area (Å²) in [5, 5.41) is 0. The van der Waals surface area contributed by atoms with Crippen LogP contribution in [0.25, 0.3) is 0 Å². The largest absolute Gasteiger partial charge is 0.372 e. The van der Waals surface area contributed by atoms with Crippen molar-refractivity contribution in [1.29, 1.82) is 0 Å². The summed E-state index contributed by atoms with van der Waals surface area (Å²) in [6.45, 7) is 5.18. The van der Waals surface area contributed by atoms with Crippen LogP contribution in [0.2, 0.25) is 0 Å². The van der Waals surface area contributed by atoms with E-state index in [4.69, 9.17) is 10.6 Å². The Kier molecular flexibility index (Phi) is 3.16. The first-order valence-electron chi connectivity index (χ1n) is 5.11. The summed E-state index contributed by atoms with van der Waals surface area (Å²) < 4.78 is 5.37. The van der Waals surface area contributed by atoms with E-state index >= 15 is 0 Å². The van der Waals surface area contributed by atoms with Crippen LogP contribution >= 0.6 is 0 Å². The van der Waals surface area contributed by atoms with Gasteiger partial charge in [0.15, 0.2) is 0 Å². The number of rotatable bonds is 4. The van der Waals surface area contributed by atoms with Gasteiger partial charge >= 0.3 is 0 Å². The van der Waals surface area contributed by atoms with Crippen LogP contribution in [0.1, 0.15) is 29.2 Å². The molecule has 0 fully saturated rings. The van der Waals surface area contributed by atoms with E-state index in [9.17, 15) is 0 Å². The van der Waals surface area contributed by atoms with Crippen LogP contribution < -0.4 is 11.3 Å². The Hall–Kier alpha value is -1.16. The number of benzene rings is 1. The zero-order chi connectivity index (χ0) is 10.7. The Balaban J connectivity index is 2.24. The van der Waals surface area contributed by atoms with Crippen molar-refractivity contribution in [3.8, 4) is 0 Å². The summed E-state index contributed by atoms with van der Waals surface area (Å²) in [7, 11) is 0. The smallest absolute Gasteiger partial charge is 0.0725 e. The van der Waals surface area contributed by atoms with E-state index in [1.807, 2.05) is 6.08 Å². The number of hydrogen-bond acceptors (Lipinski definition) is 3. The van der Waals surface area contributed by atoms with Crippen molar-refractivity contribution in [2.45, 2.75) is 25.7 Å². The maximum absolute atomic E-state index is 5.51. The quantitative estimate of drug-likeness (QED) is 0.446. The highest BCUT2D eigenvalue weighted by atomic mass is 16.5. The first kappa shape index (κ1) is 10.4. The molecule has 0 bridgehead atoms. The van der Waals surface area contributed by atoms with Crippen molar-refractivity contribution in [2.24, 2.45) is 5.84 Å². The van der Waals surface area contributed by atoms with Gasteiger partial charge in [-0.05, 0) is 23.1 Å². The maximum atomic E-state index is 5.51. The summed E-state index contributed by atoms with van der Waals surface area (Å²) in [4.78, 5) is 0. The van der Waals surface area contributed by atoms with Crippen LogP contribution in [0.5, 0.6) is 0 Å². The molecule has 80 valence electrons. The number of fused-ring (bicyclic) bond motifs is 1. The maximum Gasteiger partial charge on any atom is 0.0725 e. The van der Waals surface area contributed by atoms with Gasteiger partial charge in [0.25, 0.3) is 0 Å². The van der Waals surface area contributed by atoms with Crippen molar-refractivity contribution in [3.63, 3.8) is 0 Å². The number of hydrogen-bond donors (Lipinski definition) is 2. The van der Waals surface area contributed by atoms with Gasteiger partial charge in [0.1, 0.15) is 0 Å². The molecule has 1 unspecified atom stereocenters. The van der Waals surface area contributed by atoms with Gasteiger partial charge < -0.3 is 4.74 Å². The molecular formula is C12H16N2O. The summed E-state index contributed by atoms with van der Waals surface area (Å²) in [5.74, 6) is 5.51.